The van der Waals surface area contributed by atoms with Crippen molar-refractivity contribution in [3.63, 3.8) is 0 Å². The van der Waals surface area contributed by atoms with Crippen LogP contribution in [0.4, 0.5) is 0 Å². The summed E-state index contributed by atoms with van der Waals surface area (Å²) in [6.45, 7) is 3.06. The Balaban J connectivity index is 2.22. The third-order valence-corrected chi connectivity index (χ3v) is 2.16. The molecule has 1 aliphatic heterocycles. The fourth-order valence-corrected chi connectivity index (χ4v) is 1.10. The Labute approximate surface area is 54.7 Å². The van der Waals surface area contributed by atoms with Gasteiger partial charge in [0.25, 0.3) is 0 Å². The van der Waals surface area contributed by atoms with Crippen LogP contribution in [0.1, 0.15) is 19.8 Å². The van der Waals surface area contributed by atoms with Crippen LogP contribution in [-0.4, -0.2) is 6.54 Å². The summed E-state index contributed by atoms with van der Waals surface area (Å²) >= 11 is 0. The number of allylic oxidation sites excluding steroid dienone is 1. The Bertz CT molecular complexity index is 187. The molecular weight excluding hydrogens is 112 g/mol. The van der Waals surface area contributed by atoms with Crippen molar-refractivity contribution in [2.75, 3.05) is 6.54 Å². The second-order valence-electron chi connectivity index (χ2n) is 3.07. The summed E-state index contributed by atoms with van der Waals surface area (Å²) in [5, 5.41) is 7.96. The van der Waals surface area contributed by atoms with Crippen LogP contribution in [0, 0.1) is 5.41 Å². The normalized spacial score (nSPS) is 28.3. The second-order valence-corrected chi connectivity index (χ2v) is 3.07. The Hall–Kier alpha value is -0.660. The van der Waals surface area contributed by atoms with Crippen molar-refractivity contribution in [1.29, 1.82) is 0 Å². The highest BCUT2D eigenvalue weighted by Gasteiger charge is 2.42. The predicted molar refractivity (Wildman–Crippen MR) is 35.1 cm³/mol. The van der Waals surface area contributed by atoms with E-state index in [0.29, 0.717) is 5.41 Å². The van der Waals surface area contributed by atoms with Gasteiger partial charge in [0.05, 0.1) is 12.2 Å². The number of hydrogen-bond acceptors (Lipinski definition) is 2. The minimum Gasteiger partial charge on any atom is -0.185 e. The minimum absolute atomic E-state index is 0.431. The van der Waals surface area contributed by atoms with Crippen LogP contribution < -0.4 is 0 Å². The van der Waals surface area contributed by atoms with Gasteiger partial charge in [-0.2, -0.15) is 10.2 Å². The maximum atomic E-state index is 4.06. The van der Waals surface area contributed by atoms with Gasteiger partial charge in [0, 0.05) is 5.41 Å². The zero-order chi connectivity index (χ0) is 6.32. The molecule has 2 aliphatic rings. The van der Waals surface area contributed by atoms with E-state index in [-0.39, 0.29) is 0 Å². The molecule has 2 nitrogen and oxygen atoms in total. The van der Waals surface area contributed by atoms with Crippen LogP contribution in [-0.2, 0) is 0 Å². The molecule has 1 fully saturated rings. The molecule has 0 aromatic rings. The fourth-order valence-electron chi connectivity index (χ4n) is 1.10. The van der Waals surface area contributed by atoms with Gasteiger partial charge in [0.15, 0.2) is 0 Å². The van der Waals surface area contributed by atoms with E-state index in [2.05, 4.69) is 23.2 Å². The van der Waals surface area contributed by atoms with Crippen molar-refractivity contribution in [2.45, 2.75) is 19.8 Å². The molecule has 0 spiro atoms. The molecule has 0 aromatic heterocycles. The molecule has 0 aromatic carbocycles. The molecule has 1 heterocycles. The van der Waals surface area contributed by atoms with E-state index < -0.39 is 0 Å². The number of azo groups is 1. The van der Waals surface area contributed by atoms with Gasteiger partial charge in [0.2, 0.25) is 0 Å². The first-order valence-corrected chi connectivity index (χ1v) is 3.39. The molecule has 0 N–H and O–H groups in total. The van der Waals surface area contributed by atoms with E-state index >= 15 is 0 Å². The Morgan fingerprint density at radius 2 is 2.33 bits per heavy atom. The van der Waals surface area contributed by atoms with Gasteiger partial charge in [-0.05, 0) is 18.9 Å². The Kier molecular flexibility index (Phi) is 0.821. The SMILES string of the molecule is CC1(C2=CCN=N2)CC1. The first-order valence-electron chi connectivity index (χ1n) is 3.39. The highest BCUT2D eigenvalue weighted by atomic mass is 15.1. The fraction of sp³-hybridized carbons (Fsp3) is 0.714. The maximum Gasteiger partial charge on any atom is 0.0805 e. The highest BCUT2D eigenvalue weighted by Crippen LogP contribution is 2.52. The molecule has 0 saturated heterocycles. The lowest BCUT2D eigenvalue weighted by atomic mass is 10.1. The molecular formula is C7H10N2. The molecule has 1 saturated carbocycles. The van der Waals surface area contributed by atoms with E-state index in [1.54, 1.807) is 0 Å². The molecule has 0 radical (unpaired) electrons. The molecule has 2 rings (SSSR count). The van der Waals surface area contributed by atoms with Crippen LogP contribution in [0.3, 0.4) is 0 Å². The Morgan fingerprint density at radius 3 is 2.78 bits per heavy atom. The third kappa shape index (κ3) is 0.696. The molecule has 9 heavy (non-hydrogen) atoms. The van der Waals surface area contributed by atoms with Gasteiger partial charge in [0.1, 0.15) is 0 Å². The van der Waals surface area contributed by atoms with Crippen LogP contribution in [0.15, 0.2) is 22.0 Å². The number of hydrogen-bond donors (Lipinski definition) is 0. The summed E-state index contributed by atoms with van der Waals surface area (Å²) < 4.78 is 0. The van der Waals surface area contributed by atoms with Gasteiger partial charge < -0.3 is 0 Å². The van der Waals surface area contributed by atoms with Crippen molar-refractivity contribution in [3.05, 3.63) is 11.8 Å². The minimum atomic E-state index is 0.431. The lowest BCUT2D eigenvalue weighted by molar-refractivity contribution is 0.675. The summed E-state index contributed by atoms with van der Waals surface area (Å²) in [7, 11) is 0. The molecule has 0 unspecified atom stereocenters. The molecule has 0 atom stereocenters. The van der Waals surface area contributed by atoms with E-state index in [0.717, 1.165) is 6.54 Å². The summed E-state index contributed by atoms with van der Waals surface area (Å²) in [6.07, 6.45) is 4.74. The van der Waals surface area contributed by atoms with Gasteiger partial charge >= 0.3 is 0 Å². The van der Waals surface area contributed by atoms with Crippen molar-refractivity contribution < 1.29 is 0 Å². The largest absolute Gasteiger partial charge is 0.185 e. The quantitative estimate of drug-likeness (QED) is 0.509. The lowest BCUT2D eigenvalue weighted by Gasteiger charge is -2.01. The van der Waals surface area contributed by atoms with E-state index in [1.165, 1.54) is 18.5 Å². The smallest absolute Gasteiger partial charge is 0.0805 e. The van der Waals surface area contributed by atoms with Crippen molar-refractivity contribution in [2.24, 2.45) is 15.6 Å². The zero-order valence-corrected chi connectivity index (χ0v) is 5.59. The Morgan fingerprint density at radius 1 is 1.56 bits per heavy atom. The zero-order valence-electron chi connectivity index (χ0n) is 5.59. The van der Waals surface area contributed by atoms with Crippen LogP contribution in [0.2, 0.25) is 0 Å². The monoisotopic (exact) mass is 122 g/mol. The first-order chi connectivity index (χ1) is 4.31. The number of nitrogens with zero attached hydrogens (tertiary/aromatic N) is 2. The van der Waals surface area contributed by atoms with Gasteiger partial charge in [-0.3, -0.25) is 0 Å². The highest BCUT2D eigenvalue weighted by molar-refractivity contribution is 5.20. The molecule has 48 valence electrons. The third-order valence-electron chi connectivity index (χ3n) is 2.16. The summed E-state index contributed by atoms with van der Waals surface area (Å²) in [6, 6.07) is 0. The van der Waals surface area contributed by atoms with Crippen LogP contribution in [0.5, 0.6) is 0 Å². The topological polar surface area (TPSA) is 24.7 Å². The first kappa shape index (κ1) is 5.15. The predicted octanol–water partition coefficient (Wildman–Crippen LogP) is 2.14. The molecule has 2 heteroatoms. The van der Waals surface area contributed by atoms with E-state index in [9.17, 15) is 0 Å². The molecule has 1 aliphatic carbocycles. The van der Waals surface area contributed by atoms with Gasteiger partial charge in [-0.15, -0.1) is 0 Å². The maximum absolute atomic E-state index is 4.06. The van der Waals surface area contributed by atoms with Gasteiger partial charge in [-0.1, -0.05) is 6.92 Å². The van der Waals surface area contributed by atoms with Crippen molar-refractivity contribution >= 4 is 0 Å². The average Bonchev–Trinajstić information content (AvgIpc) is 2.46. The average molecular weight is 122 g/mol. The number of rotatable bonds is 1. The second kappa shape index (κ2) is 1.43. The summed E-state index contributed by atoms with van der Waals surface area (Å²) in [5.74, 6) is 0. The van der Waals surface area contributed by atoms with Crippen LogP contribution >= 0.6 is 0 Å². The van der Waals surface area contributed by atoms with E-state index in [4.69, 9.17) is 0 Å². The standard InChI is InChI=1S/C7H10N2/c1-7(3-4-7)6-2-5-8-9-6/h2H,3-5H2,1H3. The van der Waals surface area contributed by atoms with E-state index in [1.807, 2.05) is 0 Å². The molecule has 0 bridgehead atoms. The molecule has 0 amide bonds. The lowest BCUT2D eigenvalue weighted by Crippen LogP contribution is -1.92. The van der Waals surface area contributed by atoms with Crippen LogP contribution in [0.25, 0.3) is 0 Å². The summed E-state index contributed by atoms with van der Waals surface area (Å²) in [4.78, 5) is 0. The van der Waals surface area contributed by atoms with Gasteiger partial charge in [-0.25, -0.2) is 0 Å². The van der Waals surface area contributed by atoms with Crippen molar-refractivity contribution in [3.8, 4) is 0 Å². The summed E-state index contributed by atoms with van der Waals surface area (Å²) in [5.41, 5.74) is 1.66. The van der Waals surface area contributed by atoms with Crippen molar-refractivity contribution in [1.82, 2.24) is 0 Å².